The number of hydrogen-bond donors (Lipinski definition) is 1. The number of benzene rings is 1. The molecule has 0 bridgehead atoms. The molecule has 2 fully saturated rings. The van der Waals surface area contributed by atoms with Gasteiger partial charge in [-0.3, -0.25) is 4.68 Å². The lowest BCUT2D eigenvalue weighted by molar-refractivity contribution is -0.290. The maximum Gasteiger partial charge on any atom is 0.459 e. The van der Waals surface area contributed by atoms with Crippen molar-refractivity contribution in [2.45, 2.75) is 69.4 Å². The molecule has 0 aliphatic carbocycles. The van der Waals surface area contributed by atoms with Gasteiger partial charge in [0.05, 0.1) is 23.3 Å². The summed E-state index contributed by atoms with van der Waals surface area (Å²) in [7, 11) is 0. The van der Waals surface area contributed by atoms with E-state index < -0.39 is 23.5 Å². The van der Waals surface area contributed by atoms with Crippen LogP contribution < -0.4 is 10.1 Å². The highest BCUT2D eigenvalue weighted by Crippen LogP contribution is 2.46. The van der Waals surface area contributed by atoms with E-state index in [4.69, 9.17) is 21.1 Å². The third kappa shape index (κ3) is 7.46. The van der Waals surface area contributed by atoms with E-state index in [1.807, 2.05) is 6.92 Å². The Hall–Kier alpha value is -3.96. The zero-order chi connectivity index (χ0) is 33.2. The van der Waals surface area contributed by atoms with Crippen LogP contribution in [0.1, 0.15) is 44.3 Å². The van der Waals surface area contributed by atoms with Crippen LogP contribution in [-0.2, 0) is 17.2 Å². The number of halogens is 6. The van der Waals surface area contributed by atoms with E-state index in [9.17, 15) is 22.0 Å². The van der Waals surface area contributed by atoms with Crippen molar-refractivity contribution in [2.75, 3.05) is 31.6 Å². The van der Waals surface area contributed by atoms with Gasteiger partial charge in [0, 0.05) is 56.5 Å². The number of hydrogen-bond acceptors (Lipinski definition) is 10. The topological polar surface area (TPSA) is 121 Å². The summed E-state index contributed by atoms with van der Waals surface area (Å²) >= 11 is 6.34. The van der Waals surface area contributed by atoms with Crippen LogP contribution in [0.25, 0.3) is 11.1 Å². The van der Waals surface area contributed by atoms with E-state index in [1.54, 1.807) is 18.2 Å². The van der Waals surface area contributed by atoms with E-state index in [2.05, 4.69) is 40.8 Å². The van der Waals surface area contributed by atoms with E-state index in [1.165, 1.54) is 34.3 Å². The Morgan fingerprint density at radius 3 is 2.40 bits per heavy atom. The highest BCUT2D eigenvalue weighted by molar-refractivity contribution is 6.32. The molecule has 5 heterocycles. The molecule has 0 radical (unpaired) electrons. The normalized spacial score (nSPS) is 17.9. The number of aromatic nitrogens is 8. The molecule has 0 unspecified atom stereocenters. The van der Waals surface area contributed by atoms with Gasteiger partial charge in [0.1, 0.15) is 18.2 Å². The lowest BCUT2D eigenvalue weighted by Gasteiger charge is -2.39. The molecule has 0 spiro atoms. The minimum atomic E-state index is -5.85. The van der Waals surface area contributed by atoms with Gasteiger partial charge < -0.3 is 19.7 Å². The van der Waals surface area contributed by atoms with Crippen molar-refractivity contribution in [3.05, 3.63) is 53.8 Å². The molecule has 2 aliphatic rings. The van der Waals surface area contributed by atoms with Gasteiger partial charge in [0.25, 0.3) is 0 Å². The Balaban J connectivity index is 1.18. The second kappa shape index (κ2) is 13.6. The van der Waals surface area contributed by atoms with Gasteiger partial charge in [-0.15, -0.1) is 5.10 Å². The molecule has 3 aromatic heterocycles. The second-order valence-electron chi connectivity index (χ2n) is 11.6. The van der Waals surface area contributed by atoms with E-state index in [0.29, 0.717) is 73.6 Å². The first-order chi connectivity index (χ1) is 22.5. The fourth-order valence-electron chi connectivity index (χ4n) is 5.82. The third-order valence-electron chi connectivity index (χ3n) is 8.29. The molecule has 1 atom stereocenters. The fraction of sp³-hybridized carbons (Fsp3) is 0.517. The molecule has 0 amide bonds. The summed E-state index contributed by atoms with van der Waals surface area (Å²) < 4.78 is 84.1. The number of piperidine rings is 1. The molecule has 6 rings (SSSR count). The van der Waals surface area contributed by atoms with E-state index >= 15 is 0 Å². The number of tetrazole rings is 1. The summed E-state index contributed by atoms with van der Waals surface area (Å²) in [6.45, 7) is 4.94. The third-order valence-corrected chi connectivity index (χ3v) is 8.60. The SMILES string of the molecule is C[C@@H](Cn1cnnn1)Oc1cc(-c2cnc(Nc3cn(C4CCN(C5CCOCC5)CC4)nc3C(F)(F)C(F)(F)F)nc2)ccc1Cl. The smallest absolute Gasteiger partial charge is 0.459 e. The van der Waals surface area contributed by atoms with Crippen molar-refractivity contribution in [3.63, 3.8) is 0 Å². The molecule has 47 heavy (non-hydrogen) atoms. The molecular weight excluding hydrogens is 651 g/mol. The van der Waals surface area contributed by atoms with Gasteiger partial charge in [-0.2, -0.15) is 27.1 Å². The van der Waals surface area contributed by atoms with Crippen molar-refractivity contribution >= 4 is 23.2 Å². The van der Waals surface area contributed by atoms with Crippen molar-refractivity contribution in [2.24, 2.45) is 0 Å². The summed E-state index contributed by atoms with van der Waals surface area (Å²) in [6.07, 6.45) is 2.22. The summed E-state index contributed by atoms with van der Waals surface area (Å²) in [5.74, 6) is -5.00. The van der Waals surface area contributed by atoms with Gasteiger partial charge in [-0.25, -0.2) is 14.6 Å². The Bertz CT molecular complexity index is 1620. The van der Waals surface area contributed by atoms with Crippen LogP contribution in [0.2, 0.25) is 5.02 Å². The highest BCUT2D eigenvalue weighted by atomic mass is 35.5. The summed E-state index contributed by atoms with van der Waals surface area (Å²) in [4.78, 5) is 10.7. The fourth-order valence-corrected chi connectivity index (χ4v) is 5.98. The Morgan fingerprint density at radius 1 is 1.02 bits per heavy atom. The molecule has 12 nitrogen and oxygen atoms in total. The lowest BCUT2D eigenvalue weighted by Crippen LogP contribution is -2.44. The Labute approximate surface area is 271 Å². The van der Waals surface area contributed by atoms with E-state index in [0.717, 1.165) is 12.8 Å². The van der Waals surface area contributed by atoms with Crippen molar-refractivity contribution in [1.82, 2.24) is 44.9 Å². The monoisotopic (exact) mass is 682 g/mol. The van der Waals surface area contributed by atoms with E-state index in [-0.39, 0.29) is 18.1 Å². The second-order valence-corrected chi connectivity index (χ2v) is 12.0. The van der Waals surface area contributed by atoms with Crippen molar-refractivity contribution in [3.8, 4) is 16.9 Å². The number of nitrogens with zero attached hydrogens (tertiary/aromatic N) is 9. The number of rotatable bonds is 10. The summed E-state index contributed by atoms with van der Waals surface area (Å²) in [5, 5.41) is 17.7. The van der Waals surface area contributed by atoms with Crippen LogP contribution in [0.3, 0.4) is 0 Å². The van der Waals surface area contributed by atoms with Gasteiger partial charge in [0.2, 0.25) is 5.95 Å². The van der Waals surface area contributed by atoms with Crippen LogP contribution in [0.5, 0.6) is 5.75 Å². The molecule has 18 heteroatoms. The minimum absolute atomic E-state index is 0.178. The zero-order valence-electron chi connectivity index (χ0n) is 25.2. The minimum Gasteiger partial charge on any atom is -0.487 e. The quantitative estimate of drug-likeness (QED) is 0.210. The largest absolute Gasteiger partial charge is 0.487 e. The van der Waals surface area contributed by atoms with Crippen LogP contribution in [-0.4, -0.2) is 89.5 Å². The first-order valence-electron chi connectivity index (χ1n) is 15.1. The average molecular weight is 683 g/mol. The molecular formula is C29H32ClF5N10O2. The number of alkyl halides is 5. The van der Waals surface area contributed by atoms with Gasteiger partial charge in [0.15, 0.2) is 5.69 Å². The molecule has 2 saturated heterocycles. The van der Waals surface area contributed by atoms with Crippen LogP contribution >= 0.6 is 11.6 Å². The van der Waals surface area contributed by atoms with Gasteiger partial charge in [-0.1, -0.05) is 17.7 Å². The van der Waals surface area contributed by atoms with Crippen LogP contribution in [0, 0.1) is 0 Å². The van der Waals surface area contributed by atoms with Gasteiger partial charge >= 0.3 is 12.1 Å². The molecule has 252 valence electrons. The predicted octanol–water partition coefficient (Wildman–Crippen LogP) is 5.66. The Kier molecular flexibility index (Phi) is 9.57. The van der Waals surface area contributed by atoms with Crippen LogP contribution in [0.15, 0.2) is 43.1 Å². The molecule has 2 aliphatic heterocycles. The van der Waals surface area contributed by atoms with Crippen molar-refractivity contribution in [1.29, 1.82) is 0 Å². The summed E-state index contributed by atoms with van der Waals surface area (Å²) in [5.41, 5.74) is -0.793. The number of likely N-dealkylation sites (tertiary alicyclic amines) is 1. The average Bonchev–Trinajstić information content (AvgIpc) is 3.73. The zero-order valence-corrected chi connectivity index (χ0v) is 26.0. The molecule has 1 aromatic carbocycles. The maximum atomic E-state index is 14.7. The predicted molar refractivity (Wildman–Crippen MR) is 160 cm³/mol. The first kappa shape index (κ1) is 33.0. The summed E-state index contributed by atoms with van der Waals surface area (Å²) in [6, 6.07) is 5.07. The molecule has 0 saturated carbocycles. The highest BCUT2D eigenvalue weighted by Gasteiger charge is 2.61. The number of ether oxygens (including phenoxy) is 2. The maximum absolute atomic E-state index is 14.7. The lowest BCUT2D eigenvalue weighted by atomic mass is 10.00. The van der Waals surface area contributed by atoms with Gasteiger partial charge in [-0.05, 0) is 60.7 Å². The standard InChI is InChI=1S/C29H32ClF5N10O2/c1-18(15-44-17-38-41-42-44)47-25-12-19(2-3-23(25)30)20-13-36-27(37-14-20)39-24-16-45(40-26(24)28(31,32)29(33,34)35)22-4-8-43(9-5-22)21-6-10-46-11-7-21/h2-3,12-14,16-18,21-22H,4-11,15H2,1H3,(H,36,37,39)/t18-/m0/s1. The first-order valence-corrected chi connectivity index (χ1v) is 15.5. The number of nitrogens with one attached hydrogen (secondary N) is 1. The number of anilines is 2. The Morgan fingerprint density at radius 2 is 1.74 bits per heavy atom. The van der Waals surface area contributed by atoms with Crippen molar-refractivity contribution < 1.29 is 31.4 Å². The van der Waals surface area contributed by atoms with Crippen LogP contribution in [0.4, 0.5) is 33.6 Å². The molecule has 4 aromatic rings. The molecule has 1 N–H and O–H groups in total.